The van der Waals surface area contributed by atoms with Gasteiger partial charge in [0.1, 0.15) is 0 Å². The molecule has 0 spiro atoms. The average molecular weight is 311 g/mol. The SMILES string of the molecule is [O]c1cccc(C(F)(F)C(F)(F)C(F)(F)C(F)(F)F)c1. The maximum Gasteiger partial charge on any atom is 0.460 e. The van der Waals surface area contributed by atoms with E-state index in [1.807, 2.05) is 0 Å². The Morgan fingerprint density at radius 1 is 0.750 bits per heavy atom. The van der Waals surface area contributed by atoms with Gasteiger partial charge in [-0.1, -0.05) is 12.1 Å². The van der Waals surface area contributed by atoms with Gasteiger partial charge in [0.15, 0.2) is 5.75 Å². The summed E-state index contributed by atoms with van der Waals surface area (Å²) in [6, 6.07) is 1.19. The van der Waals surface area contributed by atoms with E-state index in [4.69, 9.17) is 0 Å². The lowest BCUT2D eigenvalue weighted by molar-refractivity contribution is -0.399. The van der Waals surface area contributed by atoms with Crippen molar-refractivity contribution in [3.8, 4) is 5.75 Å². The number of halogens is 9. The topological polar surface area (TPSA) is 19.9 Å². The molecule has 0 aliphatic rings. The van der Waals surface area contributed by atoms with E-state index >= 15 is 0 Å². The largest absolute Gasteiger partial charge is 0.460 e. The summed E-state index contributed by atoms with van der Waals surface area (Å²) in [6.07, 6.45) is -6.88. The minimum atomic E-state index is -6.97. The molecule has 1 aromatic rings. The van der Waals surface area contributed by atoms with Crippen molar-refractivity contribution in [2.24, 2.45) is 0 Å². The van der Waals surface area contributed by atoms with Crippen molar-refractivity contribution in [1.82, 2.24) is 0 Å². The molecule has 0 heterocycles. The Bertz CT molecular complexity index is 492. The summed E-state index contributed by atoms with van der Waals surface area (Å²) in [5, 5.41) is 10.7. The molecule has 0 bridgehead atoms. The van der Waals surface area contributed by atoms with E-state index in [2.05, 4.69) is 0 Å². The molecule has 0 saturated carbocycles. The molecule has 0 atom stereocenters. The van der Waals surface area contributed by atoms with Crippen LogP contribution >= 0.6 is 0 Å². The fourth-order valence-electron chi connectivity index (χ4n) is 1.25. The molecule has 1 rings (SSSR count). The molecule has 1 radical (unpaired) electrons. The van der Waals surface area contributed by atoms with Crippen molar-refractivity contribution < 1.29 is 44.6 Å². The fraction of sp³-hybridized carbons (Fsp3) is 0.400. The van der Waals surface area contributed by atoms with Crippen molar-refractivity contribution in [1.29, 1.82) is 0 Å². The Hall–Kier alpha value is -1.61. The third-order valence-electron chi connectivity index (χ3n) is 2.34. The fourth-order valence-corrected chi connectivity index (χ4v) is 1.25. The second-order valence-corrected chi connectivity index (χ2v) is 3.75. The molecular weight excluding hydrogens is 307 g/mol. The predicted octanol–water partition coefficient (Wildman–Crippen LogP) is 4.76. The molecule has 0 N–H and O–H groups in total. The zero-order valence-electron chi connectivity index (χ0n) is 9.12. The highest BCUT2D eigenvalue weighted by atomic mass is 19.4. The summed E-state index contributed by atoms with van der Waals surface area (Å²) >= 11 is 0. The Morgan fingerprint density at radius 2 is 1.25 bits per heavy atom. The lowest BCUT2D eigenvalue weighted by Crippen LogP contribution is -2.59. The Labute approximate surface area is 105 Å². The van der Waals surface area contributed by atoms with Gasteiger partial charge in [-0.3, -0.25) is 5.11 Å². The molecule has 0 fully saturated rings. The number of hydrogen-bond donors (Lipinski definition) is 0. The normalized spacial score (nSPS) is 14.4. The monoisotopic (exact) mass is 311 g/mol. The number of rotatable bonds is 3. The Balaban J connectivity index is 3.39. The Kier molecular flexibility index (Phi) is 3.66. The molecule has 113 valence electrons. The molecular formula is C10H4F9O. The maximum absolute atomic E-state index is 13.3. The van der Waals surface area contributed by atoms with E-state index in [9.17, 15) is 44.6 Å². The number of benzene rings is 1. The second kappa shape index (κ2) is 4.45. The van der Waals surface area contributed by atoms with E-state index in [0.717, 1.165) is 0 Å². The highest BCUT2D eigenvalue weighted by Crippen LogP contribution is 2.56. The van der Waals surface area contributed by atoms with Gasteiger partial charge in [-0.2, -0.15) is 39.5 Å². The summed E-state index contributed by atoms with van der Waals surface area (Å²) in [5.74, 6) is -20.9. The molecule has 0 aliphatic heterocycles. The molecule has 10 heteroatoms. The summed E-state index contributed by atoms with van der Waals surface area (Å²) in [7, 11) is 0. The molecule has 1 aromatic carbocycles. The van der Waals surface area contributed by atoms with Crippen LogP contribution < -0.4 is 0 Å². The minimum Gasteiger partial charge on any atom is -0.290 e. The van der Waals surface area contributed by atoms with Gasteiger partial charge >= 0.3 is 23.9 Å². The van der Waals surface area contributed by atoms with Crippen molar-refractivity contribution in [2.75, 3.05) is 0 Å². The molecule has 0 unspecified atom stereocenters. The van der Waals surface area contributed by atoms with Gasteiger partial charge in [0.25, 0.3) is 0 Å². The second-order valence-electron chi connectivity index (χ2n) is 3.75. The van der Waals surface area contributed by atoms with E-state index in [-0.39, 0.29) is 12.1 Å². The van der Waals surface area contributed by atoms with Crippen LogP contribution in [0.3, 0.4) is 0 Å². The van der Waals surface area contributed by atoms with Crippen molar-refractivity contribution >= 4 is 0 Å². The average Bonchev–Trinajstić information content (AvgIpc) is 2.26. The predicted molar refractivity (Wildman–Crippen MR) is 46.4 cm³/mol. The van der Waals surface area contributed by atoms with E-state index in [1.165, 1.54) is 0 Å². The number of alkyl halides is 9. The lowest BCUT2D eigenvalue weighted by atomic mass is 9.96. The highest BCUT2D eigenvalue weighted by Gasteiger charge is 2.82. The van der Waals surface area contributed by atoms with Crippen LogP contribution in [0.2, 0.25) is 0 Å². The molecule has 20 heavy (non-hydrogen) atoms. The van der Waals surface area contributed by atoms with Gasteiger partial charge in [-0.15, -0.1) is 0 Å². The van der Waals surface area contributed by atoms with Gasteiger partial charge in [0.2, 0.25) is 0 Å². The molecule has 1 nitrogen and oxygen atoms in total. The first-order valence-electron chi connectivity index (χ1n) is 4.73. The smallest absolute Gasteiger partial charge is 0.290 e. The van der Waals surface area contributed by atoms with Crippen LogP contribution in [0.4, 0.5) is 39.5 Å². The summed E-state index contributed by atoms with van der Waals surface area (Å²) in [5.41, 5.74) is -1.93. The first kappa shape index (κ1) is 16.4. The first-order chi connectivity index (χ1) is 8.75. The molecule has 0 aliphatic carbocycles. The zero-order valence-corrected chi connectivity index (χ0v) is 9.12. The minimum absolute atomic E-state index is 0.139. The van der Waals surface area contributed by atoms with Gasteiger partial charge in [-0.25, -0.2) is 0 Å². The van der Waals surface area contributed by atoms with E-state index < -0.39 is 35.3 Å². The van der Waals surface area contributed by atoms with E-state index in [1.54, 1.807) is 0 Å². The third kappa shape index (κ3) is 2.27. The highest BCUT2D eigenvalue weighted by molar-refractivity contribution is 5.32. The van der Waals surface area contributed by atoms with Crippen molar-refractivity contribution in [2.45, 2.75) is 23.9 Å². The quantitative estimate of drug-likeness (QED) is 0.718. The number of hydrogen-bond acceptors (Lipinski definition) is 0. The lowest BCUT2D eigenvalue weighted by Gasteiger charge is -2.33. The van der Waals surface area contributed by atoms with Crippen LogP contribution in [0.25, 0.3) is 0 Å². The standard InChI is InChI=1S/C10H4F9O/c11-7(12,5-2-1-3-6(20)4-5)8(13,14)9(15,16)10(17,18)19/h1-4H. The summed E-state index contributed by atoms with van der Waals surface area (Å²) in [6.45, 7) is 0. The van der Waals surface area contributed by atoms with Crippen molar-refractivity contribution in [3.63, 3.8) is 0 Å². The Morgan fingerprint density at radius 3 is 1.65 bits per heavy atom. The third-order valence-corrected chi connectivity index (χ3v) is 2.34. The molecule has 0 amide bonds. The zero-order chi connectivity index (χ0) is 16.0. The summed E-state index contributed by atoms with van der Waals surface area (Å²) in [4.78, 5) is 0. The van der Waals surface area contributed by atoms with Crippen LogP contribution in [0.5, 0.6) is 5.75 Å². The van der Waals surface area contributed by atoms with Crippen LogP contribution in [0.15, 0.2) is 24.3 Å². The van der Waals surface area contributed by atoms with E-state index in [0.29, 0.717) is 12.1 Å². The van der Waals surface area contributed by atoms with Gasteiger partial charge in [0, 0.05) is 5.56 Å². The first-order valence-corrected chi connectivity index (χ1v) is 4.73. The van der Waals surface area contributed by atoms with Crippen LogP contribution in [0.1, 0.15) is 5.56 Å². The van der Waals surface area contributed by atoms with Gasteiger partial charge in [-0.05, 0) is 12.1 Å². The molecule has 0 aromatic heterocycles. The maximum atomic E-state index is 13.3. The summed E-state index contributed by atoms with van der Waals surface area (Å²) < 4.78 is 113. The van der Waals surface area contributed by atoms with Crippen LogP contribution in [-0.2, 0) is 11.0 Å². The van der Waals surface area contributed by atoms with Gasteiger partial charge < -0.3 is 0 Å². The van der Waals surface area contributed by atoms with Crippen LogP contribution in [0, 0.1) is 0 Å². The van der Waals surface area contributed by atoms with Gasteiger partial charge in [0.05, 0.1) is 0 Å². The van der Waals surface area contributed by atoms with Crippen LogP contribution in [-0.4, -0.2) is 18.0 Å². The molecule has 0 saturated heterocycles. The van der Waals surface area contributed by atoms with Crippen molar-refractivity contribution in [3.05, 3.63) is 29.8 Å².